The predicted octanol–water partition coefficient (Wildman–Crippen LogP) is 2.02. The van der Waals surface area contributed by atoms with Crippen LogP contribution in [0.15, 0.2) is 30.5 Å². The van der Waals surface area contributed by atoms with Crippen molar-refractivity contribution in [3.8, 4) is 5.69 Å². The fraction of sp³-hybridized carbons (Fsp3) is 0.0909. The number of hydrogen-bond acceptors (Lipinski definition) is 2. The fourth-order valence-electron chi connectivity index (χ4n) is 1.42. The van der Waals surface area contributed by atoms with E-state index in [2.05, 4.69) is 5.10 Å². The molecular formula is C11H9FN2O2. The Morgan fingerprint density at radius 2 is 2.25 bits per heavy atom. The molecule has 16 heavy (non-hydrogen) atoms. The topological polar surface area (TPSA) is 55.1 Å². The maximum absolute atomic E-state index is 13.0. The van der Waals surface area contributed by atoms with Crippen LogP contribution in [0, 0.1) is 12.7 Å². The first-order valence-corrected chi connectivity index (χ1v) is 4.63. The highest BCUT2D eigenvalue weighted by atomic mass is 19.1. The first kappa shape index (κ1) is 10.4. The Bertz CT molecular complexity index is 549. The van der Waals surface area contributed by atoms with E-state index in [1.807, 2.05) is 0 Å². The number of aryl methyl sites for hydroxylation is 1. The molecule has 0 atom stereocenters. The zero-order chi connectivity index (χ0) is 11.7. The second kappa shape index (κ2) is 3.77. The van der Waals surface area contributed by atoms with Crippen molar-refractivity contribution in [2.24, 2.45) is 0 Å². The highest BCUT2D eigenvalue weighted by Crippen LogP contribution is 2.12. The largest absolute Gasteiger partial charge is 0.476 e. The second-order valence-corrected chi connectivity index (χ2v) is 3.39. The summed E-state index contributed by atoms with van der Waals surface area (Å²) in [5.74, 6) is -1.48. The number of aromatic nitrogens is 2. The highest BCUT2D eigenvalue weighted by Gasteiger charge is 2.12. The average Bonchev–Trinajstić information content (AvgIpc) is 2.60. The van der Waals surface area contributed by atoms with Crippen LogP contribution in [0.3, 0.4) is 0 Å². The molecule has 1 N–H and O–H groups in total. The monoisotopic (exact) mass is 220 g/mol. The molecule has 0 aliphatic rings. The third-order valence-electron chi connectivity index (χ3n) is 2.17. The van der Waals surface area contributed by atoms with Crippen LogP contribution in [-0.2, 0) is 0 Å². The van der Waals surface area contributed by atoms with Gasteiger partial charge in [0.15, 0.2) is 5.69 Å². The molecule has 4 nitrogen and oxygen atoms in total. The molecule has 5 heteroatoms. The second-order valence-electron chi connectivity index (χ2n) is 3.39. The number of nitrogens with zero attached hydrogens (tertiary/aromatic N) is 2. The van der Waals surface area contributed by atoms with Crippen molar-refractivity contribution in [3.05, 3.63) is 47.5 Å². The number of carboxylic acids is 1. The summed E-state index contributed by atoms with van der Waals surface area (Å²) in [5.41, 5.74) is 1.01. The lowest BCUT2D eigenvalue weighted by molar-refractivity contribution is 0.0689. The number of halogens is 1. The van der Waals surface area contributed by atoms with Gasteiger partial charge in [0.05, 0.1) is 5.69 Å². The quantitative estimate of drug-likeness (QED) is 0.842. The van der Waals surface area contributed by atoms with E-state index in [1.165, 1.54) is 16.8 Å². The summed E-state index contributed by atoms with van der Waals surface area (Å²) >= 11 is 0. The van der Waals surface area contributed by atoms with Crippen molar-refractivity contribution in [1.82, 2.24) is 9.78 Å². The normalized spacial score (nSPS) is 10.4. The van der Waals surface area contributed by atoms with E-state index in [9.17, 15) is 9.18 Å². The van der Waals surface area contributed by atoms with E-state index in [0.29, 0.717) is 11.3 Å². The van der Waals surface area contributed by atoms with Crippen molar-refractivity contribution in [1.29, 1.82) is 0 Å². The van der Waals surface area contributed by atoms with Crippen LogP contribution in [0.4, 0.5) is 4.39 Å². The van der Waals surface area contributed by atoms with Gasteiger partial charge in [0.25, 0.3) is 0 Å². The number of aromatic carboxylic acids is 1. The van der Waals surface area contributed by atoms with E-state index in [0.717, 1.165) is 0 Å². The summed E-state index contributed by atoms with van der Waals surface area (Å²) in [6, 6.07) is 5.80. The number of hydrogen-bond donors (Lipinski definition) is 1. The van der Waals surface area contributed by atoms with Gasteiger partial charge in [-0.3, -0.25) is 0 Å². The van der Waals surface area contributed by atoms with Gasteiger partial charge in [-0.05, 0) is 25.1 Å². The van der Waals surface area contributed by atoms with Crippen LogP contribution in [0.25, 0.3) is 5.69 Å². The molecule has 82 valence electrons. The van der Waals surface area contributed by atoms with Gasteiger partial charge in [-0.25, -0.2) is 13.9 Å². The maximum atomic E-state index is 13.0. The van der Waals surface area contributed by atoms with Crippen LogP contribution < -0.4 is 0 Å². The molecule has 0 aliphatic heterocycles. The van der Waals surface area contributed by atoms with Gasteiger partial charge in [0.1, 0.15) is 5.82 Å². The van der Waals surface area contributed by atoms with Gasteiger partial charge >= 0.3 is 5.97 Å². The molecular weight excluding hydrogens is 211 g/mol. The van der Waals surface area contributed by atoms with E-state index >= 15 is 0 Å². The number of benzene rings is 1. The van der Waals surface area contributed by atoms with Crippen LogP contribution in [-0.4, -0.2) is 20.9 Å². The average molecular weight is 220 g/mol. The molecule has 0 bridgehead atoms. The molecule has 0 amide bonds. The first-order valence-electron chi connectivity index (χ1n) is 4.63. The van der Waals surface area contributed by atoms with E-state index in [1.54, 1.807) is 25.3 Å². The summed E-state index contributed by atoms with van der Waals surface area (Å²) in [5, 5.41) is 12.7. The minimum atomic E-state index is -1.09. The van der Waals surface area contributed by atoms with E-state index in [4.69, 9.17) is 5.11 Å². The van der Waals surface area contributed by atoms with Gasteiger partial charge in [-0.2, -0.15) is 5.10 Å². The third kappa shape index (κ3) is 1.79. The van der Waals surface area contributed by atoms with Crippen molar-refractivity contribution >= 4 is 5.97 Å². The Morgan fingerprint density at radius 3 is 2.81 bits per heavy atom. The zero-order valence-electron chi connectivity index (χ0n) is 8.51. The Labute approximate surface area is 90.9 Å². The van der Waals surface area contributed by atoms with Crippen LogP contribution in [0.1, 0.15) is 16.1 Å². The SMILES string of the molecule is Cc1cn(-c2cccc(F)c2)nc1C(=O)O. The van der Waals surface area contributed by atoms with Crippen molar-refractivity contribution in [2.45, 2.75) is 6.92 Å². The lowest BCUT2D eigenvalue weighted by Crippen LogP contribution is -2.01. The van der Waals surface area contributed by atoms with Gasteiger partial charge < -0.3 is 5.11 Å². The van der Waals surface area contributed by atoms with Crippen molar-refractivity contribution in [2.75, 3.05) is 0 Å². The molecule has 2 aromatic rings. The number of rotatable bonds is 2. The lowest BCUT2D eigenvalue weighted by atomic mass is 10.3. The Balaban J connectivity index is 2.49. The molecule has 0 unspecified atom stereocenters. The Morgan fingerprint density at radius 1 is 1.50 bits per heavy atom. The lowest BCUT2D eigenvalue weighted by Gasteiger charge is -1.99. The van der Waals surface area contributed by atoms with Gasteiger partial charge in [0, 0.05) is 11.8 Å². The molecule has 1 aromatic carbocycles. The minimum Gasteiger partial charge on any atom is -0.476 e. The molecule has 1 heterocycles. The van der Waals surface area contributed by atoms with Crippen molar-refractivity contribution < 1.29 is 14.3 Å². The Hall–Kier alpha value is -2.17. The standard InChI is InChI=1S/C11H9FN2O2/c1-7-6-14(13-10(7)11(15)16)9-4-2-3-8(12)5-9/h2-6H,1H3,(H,15,16). The summed E-state index contributed by atoms with van der Waals surface area (Å²) in [4.78, 5) is 10.8. The highest BCUT2D eigenvalue weighted by molar-refractivity contribution is 5.86. The van der Waals surface area contributed by atoms with E-state index in [-0.39, 0.29) is 11.5 Å². The van der Waals surface area contributed by atoms with Crippen molar-refractivity contribution in [3.63, 3.8) is 0 Å². The van der Waals surface area contributed by atoms with Gasteiger partial charge in [-0.15, -0.1) is 0 Å². The smallest absolute Gasteiger partial charge is 0.356 e. The van der Waals surface area contributed by atoms with Crippen LogP contribution >= 0.6 is 0 Å². The fourth-order valence-corrected chi connectivity index (χ4v) is 1.42. The summed E-state index contributed by atoms with van der Waals surface area (Å²) in [7, 11) is 0. The molecule has 2 rings (SSSR count). The predicted molar refractivity (Wildman–Crippen MR) is 55.2 cm³/mol. The molecule has 0 aliphatic carbocycles. The van der Waals surface area contributed by atoms with Gasteiger partial charge in [0.2, 0.25) is 0 Å². The third-order valence-corrected chi connectivity index (χ3v) is 2.17. The number of carbonyl (C=O) groups is 1. The minimum absolute atomic E-state index is 0.0238. The van der Waals surface area contributed by atoms with Crippen LogP contribution in [0.5, 0.6) is 0 Å². The Kier molecular flexibility index (Phi) is 2.44. The molecule has 0 fully saturated rings. The molecule has 0 saturated carbocycles. The molecule has 0 radical (unpaired) electrons. The molecule has 0 spiro atoms. The van der Waals surface area contributed by atoms with Crippen LogP contribution in [0.2, 0.25) is 0 Å². The van der Waals surface area contributed by atoms with E-state index < -0.39 is 5.97 Å². The maximum Gasteiger partial charge on any atom is 0.356 e. The number of carboxylic acid groups (broad SMARTS) is 1. The molecule has 1 aromatic heterocycles. The summed E-state index contributed by atoms with van der Waals surface area (Å²) in [6.45, 7) is 1.65. The molecule has 0 saturated heterocycles. The zero-order valence-corrected chi connectivity index (χ0v) is 8.51. The summed E-state index contributed by atoms with van der Waals surface area (Å²) in [6.07, 6.45) is 1.55. The van der Waals surface area contributed by atoms with Gasteiger partial charge in [-0.1, -0.05) is 6.07 Å². The first-order chi connectivity index (χ1) is 7.58. The summed E-state index contributed by atoms with van der Waals surface area (Å²) < 4.78 is 14.3.